The number of carbonyl (C=O) groups is 2. The first-order chi connectivity index (χ1) is 13.7. The van der Waals surface area contributed by atoms with Crippen molar-refractivity contribution in [2.75, 3.05) is 5.32 Å². The number of amides is 1. The summed E-state index contributed by atoms with van der Waals surface area (Å²) >= 11 is 6.14. The Labute approximate surface area is 174 Å². The van der Waals surface area contributed by atoms with Gasteiger partial charge in [0, 0.05) is 21.7 Å². The van der Waals surface area contributed by atoms with Gasteiger partial charge in [-0.15, -0.1) is 0 Å². The van der Waals surface area contributed by atoms with E-state index >= 15 is 0 Å². The van der Waals surface area contributed by atoms with Gasteiger partial charge in [-0.05, 0) is 57.0 Å². The summed E-state index contributed by atoms with van der Waals surface area (Å²) < 4.78 is 12.0. The maximum atomic E-state index is 12.9. The van der Waals surface area contributed by atoms with Gasteiger partial charge >= 0.3 is 0 Å². The van der Waals surface area contributed by atoms with Crippen LogP contribution in [0.3, 0.4) is 0 Å². The van der Waals surface area contributed by atoms with Gasteiger partial charge in [-0.2, -0.15) is 0 Å². The summed E-state index contributed by atoms with van der Waals surface area (Å²) in [4.78, 5) is 25.8. The highest BCUT2D eigenvalue weighted by Gasteiger charge is 2.37. The van der Waals surface area contributed by atoms with Crippen LogP contribution in [0, 0.1) is 13.8 Å². The zero-order chi connectivity index (χ0) is 20.9. The molecule has 0 fully saturated rings. The topological polar surface area (TPSA) is 68.5 Å². The third-order valence-electron chi connectivity index (χ3n) is 5.70. The fraction of sp³-hybridized carbons (Fsp3) is 0.304. The van der Waals surface area contributed by atoms with Crippen molar-refractivity contribution in [2.45, 2.75) is 46.1 Å². The Kier molecular flexibility index (Phi) is 4.66. The lowest BCUT2D eigenvalue weighted by Crippen LogP contribution is -2.38. The van der Waals surface area contributed by atoms with Crippen molar-refractivity contribution in [1.29, 1.82) is 0 Å². The van der Waals surface area contributed by atoms with Gasteiger partial charge in [0.15, 0.2) is 11.5 Å². The number of furan rings is 1. The molecular weight excluding hydrogens is 390 g/mol. The number of rotatable bonds is 3. The van der Waals surface area contributed by atoms with Gasteiger partial charge < -0.3 is 14.5 Å². The molecule has 1 atom stereocenters. The third-order valence-corrected chi connectivity index (χ3v) is 6.11. The zero-order valence-electron chi connectivity index (χ0n) is 16.8. The summed E-state index contributed by atoms with van der Waals surface area (Å²) in [7, 11) is 0. The Morgan fingerprint density at radius 3 is 2.69 bits per heavy atom. The maximum absolute atomic E-state index is 12.9. The predicted octanol–water partition coefficient (Wildman–Crippen LogP) is 6.09. The first kappa shape index (κ1) is 19.5. The van der Waals surface area contributed by atoms with Crippen LogP contribution in [-0.4, -0.2) is 17.3 Å². The van der Waals surface area contributed by atoms with Crippen LogP contribution < -0.4 is 10.1 Å². The molecule has 2 aromatic carbocycles. The number of ketones is 1. The highest BCUT2D eigenvalue weighted by atomic mass is 35.5. The molecule has 29 heavy (non-hydrogen) atoms. The molecule has 1 aliphatic heterocycles. The van der Waals surface area contributed by atoms with E-state index in [1.165, 1.54) is 0 Å². The summed E-state index contributed by atoms with van der Waals surface area (Å²) in [5, 5.41) is 4.06. The van der Waals surface area contributed by atoms with Crippen LogP contribution in [-0.2, 0) is 0 Å². The molecule has 1 N–H and O–H groups in total. The number of fused-ring (bicyclic) bond motifs is 3. The molecule has 2 heterocycles. The summed E-state index contributed by atoms with van der Waals surface area (Å²) in [5.74, 6) is 0.326. The van der Waals surface area contributed by atoms with Crippen LogP contribution in [0.4, 0.5) is 5.69 Å². The Hall–Kier alpha value is -2.79. The van der Waals surface area contributed by atoms with Crippen molar-refractivity contribution in [2.24, 2.45) is 0 Å². The molecule has 5 nitrogen and oxygen atoms in total. The number of ether oxygens (including phenoxy) is 1. The smallest absolute Gasteiger partial charge is 0.291 e. The van der Waals surface area contributed by atoms with E-state index in [9.17, 15) is 9.59 Å². The largest absolute Gasteiger partial charge is 0.486 e. The molecule has 0 bridgehead atoms. The summed E-state index contributed by atoms with van der Waals surface area (Å²) in [6, 6.07) is 8.81. The Bertz CT molecular complexity index is 1160. The average Bonchev–Trinajstić information content (AvgIpc) is 3.02. The number of halogens is 1. The van der Waals surface area contributed by atoms with Crippen molar-refractivity contribution in [3.8, 4) is 5.75 Å². The zero-order valence-corrected chi connectivity index (χ0v) is 17.6. The number of anilines is 1. The molecule has 4 rings (SSSR count). The molecule has 1 amide bonds. The van der Waals surface area contributed by atoms with Crippen LogP contribution >= 0.6 is 11.6 Å². The second kappa shape index (κ2) is 6.92. The van der Waals surface area contributed by atoms with Crippen molar-refractivity contribution >= 4 is 39.9 Å². The van der Waals surface area contributed by atoms with Gasteiger partial charge in [0.1, 0.15) is 16.9 Å². The van der Waals surface area contributed by atoms with Gasteiger partial charge in [-0.25, -0.2) is 0 Å². The van der Waals surface area contributed by atoms with E-state index in [2.05, 4.69) is 5.32 Å². The summed E-state index contributed by atoms with van der Waals surface area (Å²) in [6.45, 7) is 7.56. The number of Topliss-reactive ketones (excluding diaryl/α,β-unsaturated/α-hetero) is 1. The minimum absolute atomic E-state index is 0.00254. The van der Waals surface area contributed by atoms with Crippen LogP contribution in [0.1, 0.15) is 58.7 Å². The Morgan fingerprint density at radius 1 is 1.21 bits per heavy atom. The average molecular weight is 412 g/mol. The van der Waals surface area contributed by atoms with Gasteiger partial charge in [0.2, 0.25) is 0 Å². The third kappa shape index (κ3) is 3.19. The van der Waals surface area contributed by atoms with Gasteiger partial charge in [-0.1, -0.05) is 24.6 Å². The monoisotopic (exact) mass is 411 g/mol. The van der Waals surface area contributed by atoms with Gasteiger partial charge in [-0.3, -0.25) is 9.59 Å². The molecule has 0 saturated heterocycles. The van der Waals surface area contributed by atoms with Crippen molar-refractivity contribution in [3.05, 3.63) is 57.8 Å². The normalized spacial score (nSPS) is 18.4. The Morgan fingerprint density at radius 2 is 1.97 bits per heavy atom. The lowest BCUT2D eigenvalue weighted by molar-refractivity contribution is 0.0503. The minimum atomic E-state index is -0.514. The van der Waals surface area contributed by atoms with E-state index in [4.69, 9.17) is 20.8 Å². The van der Waals surface area contributed by atoms with Crippen LogP contribution in [0.15, 0.2) is 34.7 Å². The SMILES string of the molecule is CCC1(C)CC(=O)c2c(ccc3oc(C(=O)Nc4cccc(Cl)c4C)c(C)c23)O1. The fourth-order valence-electron chi connectivity index (χ4n) is 3.75. The second-order valence-electron chi connectivity index (χ2n) is 7.74. The van der Waals surface area contributed by atoms with Crippen LogP contribution in [0.2, 0.25) is 5.02 Å². The molecule has 0 spiro atoms. The molecular formula is C23H22ClNO4. The molecule has 1 aromatic heterocycles. The van der Waals surface area contributed by atoms with E-state index in [1.54, 1.807) is 37.3 Å². The number of hydrogen-bond donors (Lipinski definition) is 1. The van der Waals surface area contributed by atoms with Crippen molar-refractivity contribution in [3.63, 3.8) is 0 Å². The van der Waals surface area contributed by atoms with Crippen LogP contribution in [0.5, 0.6) is 5.75 Å². The standard InChI is InChI=1S/C23H22ClNO4/c1-5-23(4)11-16(26)20-18(29-23)10-9-17-19(20)13(3)21(28-17)22(27)25-15-8-6-7-14(24)12(15)2/h6-10H,5,11H2,1-4H3,(H,25,27). The van der Waals surface area contributed by atoms with Crippen molar-refractivity contribution in [1.82, 2.24) is 0 Å². The maximum Gasteiger partial charge on any atom is 0.291 e. The van der Waals surface area contributed by atoms with Crippen LogP contribution in [0.25, 0.3) is 11.0 Å². The van der Waals surface area contributed by atoms with E-state index in [1.807, 2.05) is 20.8 Å². The van der Waals surface area contributed by atoms with E-state index in [-0.39, 0.29) is 17.5 Å². The first-order valence-corrected chi connectivity index (χ1v) is 9.96. The van der Waals surface area contributed by atoms with E-state index in [0.29, 0.717) is 45.0 Å². The van der Waals surface area contributed by atoms with Gasteiger partial charge in [0.05, 0.1) is 12.0 Å². The molecule has 1 unspecified atom stereocenters. The number of aryl methyl sites for hydroxylation is 1. The van der Waals surface area contributed by atoms with E-state index in [0.717, 1.165) is 12.0 Å². The predicted molar refractivity (Wildman–Crippen MR) is 113 cm³/mol. The first-order valence-electron chi connectivity index (χ1n) is 9.59. The quantitative estimate of drug-likeness (QED) is 0.566. The van der Waals surface area contributed by atoms with Gasteiger partial charge in [0.25, 0.3) is 5.91 Å². The molecule has 6 heteroatoms. The van der Waals surface area contributed by atoms with Crippen molar-refractivity contribution < 1.29 is 18.7 Å². The number of hydrogen-bond acceptors (Lipinski definition) is 4. The summed E-state index contributed by atoms with van der Waals surface area (Å²) in [6.07, 6.45) is 1.02. The molecule has 0 aliphatic carbocycles. The molecule has 0 saturated carbocycles. The minimum Gasteiger partial charge on any atom is -0.486 e. The molecule has 3 aromatic rings. The second-order valence-corrected chi connectivity index (χ2v) is 8.15. The Balaban J connectivity index is 1.77. The number of benzene rings is 2. The number of carbonyl (C=O) groups excluding carboxylic acids is 2. The van der Waals surface area contributed by atoms with E-state index < -0.39 is 5.60 Å². The lowest BCUT2D eigenvalue weighted by Gasteiger charge is -2.34. The molecule has 0 radical (unpaired) electrons. The summed E-state index contributed by atoms with van der Waals surface area (Å²) in [5.41, 5.74) is 2.48. The molecule has 1 aliphatic rings. The molecule has 150 valence electrons. The highest BCUT2D eigenvalue weighted by Crippen LogP contribution is 2.41. The highest BCUT2D eigenvalue weighted by molar-refractivity contribution is 6.31. The number of nitrogens with one attached hydrogen (secondary N) is 1. The lowest BCUT2D eigenvalue weighted by atomic mass is 9.87. The fourth-order valence-corrected chi connectivity index (χ4v) is 3.92.